The topological polar surface area (TPSA) is 79.5 Å². The molecule has 0 radical (unpaired) electrons. The average Bonchev–Trinajstić information content (AvgIpc) is 2.88. The van der Waals surface area contributed by atoms with Crippen molar-refractivity contribution in [2.45, 2.75) is 0 Å². The zero-order chi connectivity index (χ0) is 13.1. The lowest BCUT2D eigenvalue weighted by atomic mass is 10.1. The van der Waals surface area contributed by atoms with Crippen LogP contribution in [-0.4, -0.2) is 24.0 Å². The van der Waals surface area contributed by atoms with Crippen LogP contribution in [0.15, 0.2) is 40.8 Å². The van der Waals surface area contributed by atoms with Crippen LogP contribution in [0.25, 0.3) is 11.3 Å². The summed E-state index contributed by atoms with van der Waals surface area (Å²) in [4.78, 5) is 22.2. The highest BCUT2D eigenvalue weighted by Gasteiger charge is 2.11. The zero-order valence-corrected chi connectivity index (χ0v) is 9.64. The molecule has 2 aromatic rings. The summed E-state index contributed by atoms with van der Waals surface area (Å²) in [6, 6.07) is 9.71. The molecule has 0 aliphatic rings. The van der Waals surface area contributed by atoms with Crippen LogP contribution in [0.3, 0.4) is 0 Å². The first-order chi connectivity index (χ1) is 8.61. The van der Waals surface area contributed by atoms with Crippen molar-refractivity contribution in [2.75, 3.05) is 7.05 Å². The second-order valence-corrected chi connectivity index (χ2v) is 3.63. The summed E-state index contributed by atoms with van der Waals surface area (Å²) in [6.45, 7) is 0. The lowest BCUT2D eigenvalue weighted by molar-refractivity contribution is 0.0663. The van der Waals surface area contributed by atoms with Gasteiger partial charge >= 0.3 is 5.97 Å². The molecule has 2 N–H and O–H groups in total. The minimum Gasteiger partial charge on any atom is -0.475 e. The first kappa shape index (κ1) is 11.9. The van der Waals surface area contributed by atoms with Crippen LogP contribution < -0.4 is 5.32 Å². The highest BCUT2D eigenvalue weighted by Crippen LogP contribution is 2.23. The number of carboxylic acids is 1. The molecule has 0 spiro atoms. The van der Waals surface area contributed by atoms with Crippen molar-refractivity contribution < 1.29 is 19.1 Å². The molecule has 0 bridgehead atoms. The van der Waals surface area contributed by atoms with Crippen LogP contribution in [0.1, 0.15) is 20.9 Å². The van der Waals surface area contributed by atoms with Crippen molar-refractivity contribution in [3.63, 3.8) is 0 Å². The Labute approximate surface area is 103 Å². The molecule has 0 saturated heterocycles. The van der Waals surface area contributed by atoms with E-state index in [0.29, 0.717) is 16.9 Å². The number of furan rings is 1. The Morgan fingerprint density at radius 2 is 2.00 bits per heavy atom. The van der Waals surface area contributed by atoms with E-state index >= 15 is 0 Å². The summed E-state index contributed by atoms with van der Waals surface area (Å²) in [5.41, 5.74) is 1.15. The maximum atomic E-state index is 11.5. The Morgan fingerprint density at radius 3 is 2.61 bits per heavy atom. The molecule has 1 heterocycles. The summed E-state index contributed by atoms with van der Waals surface area (Å²) in [5, 5.41) is 11.3. The Bertz CT molecular complexity index is 601. The van der Waals surface area contributed by atoms with Crippen LogP contribution in [0.2, 0.25) is 0 Å². The number of carbonyl (C=O) groups is 2. The van der Waals surface area contributed by atoms with Gasteiger partial charge in [-0.05, 0) is 24.3 Å². The van der Waals surface area contributed by atoms with Gasteiger partial charge in [-0.1, -0.05) is 12.1 Å². The van der Waals surface area contributed by atoms with Gasteiger partial charge in [0.25, 0.3) is 5.91 Å². The van der Waals surface area contributed by atoms with Crippen molar-refractivity contribution in [3.8, 4) is 11.3 Å². The molecule has 5 nitrogen and oxygen atoms in total. The van der Waals surface area contributed by atoms with Crippen molar-refractivity contribution in [2.24, 2.45) is 0 Å². The number of carbonyl (C=O) groups excluding carboxylic acids is 1. The van der Waals surface area contributed by atoms with Crippen molar-refractivity contribution >= 4 is 11.9 Å². The minimum atomic E-state index is -1.12. The maximum Gasteiger partial charge on any atom is 0.371 e. The van der Waals surface area contributed by atoms with Gasteiger partial charge in [-0.2, -0.15) is 0 Å². The van der Waals surface area contributed by atoms with Gasteiger partial charge in [0.1, 0.15) is 5.76 Å². The SMILES string of the molecule is CNC(=O)c1cccc(-c2ccc(C(=O)O)o2)c1. The molecule has 0 aliphatic carbocycles. The highest BCUT2D eigenvalue weighted by molar-refractivity contribution is 5.95. The van der Waals surface area contributed by atoms with E-state index in [4.69, 9.17) is 9.52 Å². The van der Waals surface area contributed by atoms with E-state index in [1.54, 1.807) is 37.4 Å². The number of hydrogen-bond acceptors (Lipinski definition) is 3. The van der Waals surface area contributed by atoms with E-state index in [9.17, 15) is 9.59 Å². The molecule has 1 amide bonds. The molecule has 2 rings (SSSR count). The number of carboxylic acid groups (broad SMARTS) is 1. The van der Waals surface area contributed by atoms with Gasteiger partial charge in [-0.3, -0.25) is 4.79 Å². The largest absolute Gasteiger partial charge is 0.475 e. The average molecular weight is 245 g/mol. The third-order valence-electron chi connectivity index (χ3n) is 2.45. The van der Waals surface area contributed by atoms with Crippen molar-refractivity contribution in [1.82, 2.24) is 5.32 Å². The van der Waals surface area contributed by atoms with Crippen LogP contribution in [-0.2, 0) is 0 Å². The van der Waals surface area contributed by atoms with Crippen LogP contribution >= 0.6 is 0 Å². The second kappa shape index (κ2) is 4.75. The molecule has 0 unspecified atom stereocenters. The van der Waals surface area contributed by atoms with Gasteiger partial charge in [-0.15, -0.1) is 0 Å². The summed E-state index contributed by atoms with van der Waals surface area (Å²) in [5.74, 6) is -1.04. The number of benzene rings is 1. The Hall–Kier alpha value is -2.56. The summed E-state index contributed by atoms with van der Waals surface area (Å²) < 4.78 is 5.17. The number of aromatic carboxylic acids is 1. The molecule has 0 aliphatic heterocycles. The predicted octanol–water partition coefficient (Wildman–Crippen LogP) is 2.00. The maximum absolute atomic E-state index is 11.5. The van der Waals surface area contributed by atoms with Crippen molar-refractivity contribution in [3.05, 3.63) is 47.7 Å². The van der Waals surface area contributed by atoms with E-state index in [0.717, 1.165) is 0 Å². The zero-order valence-electron chi connectivity index (χ0n) is 9.64. The highest BCUT2D eigenvalue weighted by atomic mass is 16.4. The van der Waals surface area contributed by atoms with Crippen LogP contribution in [0.4, 0.5) is 0 Å². The van der Waals surface area contributed by atoms with Gasteiger partial charge in [0, 0.05) is 18.2 Å². The second-order valence-electron chi connectivity index (χ2n) is 3.63. The normalized spacial score (nSPS) is 10.1. The molecule has 0 saturated carbocycles. The van der Waals surface area contributed by atoms with Crippen LogP contribution in [0, 0.1) is 0 Å². The molecule has 0 atom stereocenters. The molecule has 5 heteroatoms. The smallest absolute Gasteiger partial charge is 0.371 e. The van der Waals surface area contributed by atoms with E-state index < -0.39 is 5.97 Å². The standard InChI is InChI=1S/C13H11NO4/c1-14-12(15)9-4-2-3-8(7-9)10-5-6-11(18-10)13(16)17/h2-7H,1H3,(H,14,15)(H,16,17). The van der Waals surface area contributed by atoms with E-state index in [1.165, 1.54) is 6.07 Å². The first-order valence-electron chi connectivity index (χ1n) is 5.27. The number of nitrogens with one attached hydrogen (secondary N) is 1. The Kier molecular flexibility index (Phi) is 3.14. The third kappa shape index (κ3) is 2.24. The van der Waals surface area contributed by atoms with E-state index in [-0.39, 0.29) is 11.7 Å². The lowest BCUT2D eigenvalue weighted by Crippen LogP contribution is -2.17. The summed E-state index contributed by atoms with van der Waals surface area (Å²) in [7, 11) is 1.55. The lowest BCUT2D eigenvalue weighted by Gasteiger charge is -2.02. The molecule has 1 aromatic heterocycles. The third-order valence-corrected chi connectivity index (χ3v) is 2.45. The summed E-state index contributed by atoms with van der Waals surface area (Å²) in [6.07, 6.45) is 0. The number of hydrogen-bond donors (Lipinski definition) is 2. The molecule has 1 aromatic carbocycles. The Balaban J connectivity index is 2.38. The van der Waals surface area contributed by atoms with E-state index in [1.807, 2.05) is 0 Å². The van der Waals surface area contributed by atoms with Gasteiger partial charge in [0.15, 0.2) is 0 Å². The minimum absolute atomic E-state index is 0.129. The van der Waals surface area contributed by atoms with Gasteiger partial charge < -0.3 is 14.8 Å². The molecular weight excluding hydrogens is 234 g/mol. The fourth-order valence-corrected chi connectivity index (χ4v) is 1.57. The molecule has 0 fully saturated rings. The molecule has 92 valence electrons. The fourth-order valence-electron chi connectivity index (χ4n) is 1.57. The van der Waals surface area contributed by atoms with E-state index in [2.05, 4.69) is 5.32 Å². The number of amides is 1. The van der Waals surface area contributed by atoms with Gasteiger partial charge in [-0.25, -0.2) is 4.79 Å². The predicted molar refractivity (Wildman–Crippen MR) is 64.5 cm³/mol. The van der Waals surface area contributed by atoms with Gasteiger partial charge in [0.2, 0.25) is 5.76 Å². The summed E-state index contributed by atoms with van der Waals surface area (Å²) >= 11 is 0. The van der Waals surface area contributed by atoms with Crippen LogP contribution in [0.5, 0.6) is 0 Å². The Morgan fingerprint density at radius 1 is 1.22 bits per heavy atom. The molecule has 18 heavy (non-hydrogen) atoms. The number of rotatable bonds is 3. The molecular formula is C13H11NO4. The fraction of sp³-hybridized carbons (Fsp3) is 0.0769. The monoisotopic (exact) mass is 245 g/mol. The first-order valence-corrected chi connectivity index (χ1v) is 5.27. The van der Waals surface area contributed by atoms with Gasteiger partial charge in [0.05, 0.1) is 0 Å². The quantitative estimate of drug-likeness (QED) is 0.866. The van der Waals surface area contributed by atoms with Crippen molar-refractivity contribution in [1.29, 1.82) is 0 Å².